The Morgan fingerprint density at radius 3 is 2.86 bits per heavy atom. The van der Waals surface area contributed by atoms with Crippen LogP contribution < -0.4 is 10.5 Å². The Morgan fingerprint density at radius 2 is 2.24 bits per heavy atom. The number of imidazole rings is 1. The Balaban J connectivity index is 2.20. The number of sulfonamides is 1. The van der Waals surface area contributed by atoms with Crippen LogP contribution in [0.3, 0.4) is 0 Å². The second-order valence-corrected chi connectivity index (χ2v) is 7.02. The summed E-state index contributed by atoms with van der Waals surface area (Å²) >= 11 is 8.80. The van der Waals surface area contributed by atoms with Gasteiger partial charge in [0.1, 0.15) is 10.7 Å². The third kappa shape index (κ3) is 3.54. The van der Waals surface area contributed by atoms with E-state index < -0.39 is 20.7 Å². The average molecular weight is 398 g/mol. The fourth-order valence-corrected chi connectivity index (χ4v) is 3.32. The molecule has 1 aromatic carbocycles. The van der Waals surface area contributed by atoms with E-state index in [0.717, 1.165) is 6.07 Å². The fourth-order valence-electron chi connectivity index (χ4n) is 1.61. The summed E-state index contributed by atoms with van der Waals surface area (Å²) < 4.78 is 40.6. The van der Waals surface area contributed by atoms with E-state index in [9.17, 15) is 12.8 Å². The molecule has 2 rings (SSSR count). The van der Waals surface area contributed by atoms with Gasteiger partial charge in [-0.1, -0.05) is 11.6 Å². The second kappa shape index (κ2) is 6.30. The number of nitrogens with zero attached hydrogens (tertiary/aromatic N) is 1. The fraction of sp³-hybridized carbons (Fsp3) is 0.182. The van der Waals surface area contributed by atoms with Crippen LogP contribution in [-0.4, -0.2) is 24.9 Å². The molecule has 0 aliphatic heterocycles. The van der Waals surface area contributed by atoms with Crippen molar-refractivity contribution in [2.75, 3.05) is 12.3 Å². The number of anilines is 1. The van der Waals surface area contributed by atoms with Gasteiger partial charge in [-0.2, -0.15) is 0 Å². The van der Waals surface area contributed by atoms with E-state index in [-0.39, 0.29) is 21.7 Å². The third-order valence-corrected chi connectivity index (χ3v) is 5.50. The first-order valence-electron chi connectivity index (χ1n) is 5.74. The van der Waals surface area contributed by atoms with E-state index in [1.807, 2.05) is 0 Å². The Labute approximate surface area is 134 Å². The molecule has 0 saturated heterocycles. The van der Waals surface area contributed by atoms with Crippen LogP contribution in [0.5, 0.6) is 0 Å². The molecule has 1 aromatic heterocycles. The molecule has 10 heteroatoms. The summed E-state index contributed by atoms with van der Waals surface area (Å²) in [6, 6.07) is 1.01. The van der Waals surface area contributed by atoms with Crippen LogP contribution in [0.2, 0.25) is 5.02 Å². The number of nitrogens with one attached hydrogen (secondary N) is 2. The minimum absolute atomic E-state index is 0.0142. The molecule has 1 heterocycles. The molecule has 0 aliphatic rings. The molecule has 0 bridgehead atoms. The molecule has 0 spiro atoms. The molecule has 21 heavy (non-hydrogen) atoms. The minimum atomic E-state index is -4.06. The van der Waals surface area contributed by atoms with Crippen molar-refractivity contribution in [3.63, 3.8) is 0 Å². The Kier molecular flexibility index (Phi) is 4.87. The lowest BCUT2D eigenvalue weighted by Crippen LogP contribution is -2.27. The van der Waals surface area contributed by atoms with E-state index in [4.69, 9.17) is 17.3 Å². The topological polar surface area (TPSA) is 101 Å². The van der Waals surface area contributed by atoms with Gasteiger partial charge in [-0.3, -0.25) is 0 Å². The number of hydrogen-bond donors (Lipinski definition) is 3. The highest BCUT2D eigenvalue weighted by atomic mass is 79.9. The standard InChI is InChI=1S/C11H11BrClFN4O2S/c12-9-6(13)5-7(10(14)11(9)15)21(19,20)18-2-1-8-16-3-4-17-8/h3-5,18H,1-2,15H2,(H,16,17). The van der Waals surface area contributed by atoms with Crippen molar-refractivity contribution < 1.29 is 12.8 Å². The van der Waals surface area contributed by atoms with Gasteiger partial charge in [0.25, 0.3) is 0 Å². The van der Waals surface area contributed by atoms with Gasteiger partial charge < -0.3 is 10.7 Å². The van der Waals surface area contributed by atoms with Crippen LogP contribution in [0.25, 0.3) is 0 Å². The summed E-state index contributed by atoms with van der Waals surface area (Å²) in [6.45, 7) is 0.0584. The van der Waals surface area contributed by atoms with Crippen molar-refractivity contribution in [1.29, 1.82) is 0 Å². The number of rotatable bonds is 5. The molecule has 0 fully saturated rings. The van der Waals surface area contributed by atoms with Gasteiger partial charge in [0.05, 0.1) is 15.2 Å². The normalized spacial score (nSPS) is 11.8. The van der Waals surface area contributed by atoms with Crippen LogP contribution >= 0.6 is 27.5 Å². The van der Waals surface area contributed by atoms with Crippen molar-refractivity contribution in [1.82, 2.24) is 14.7 Å². The monoisotopic (exact) mass is 396 g/mol. The van der Waals surface area contributed by atoms with Crippen molar-refractivity contribution in [2.45, 2.75) is 11.3 Å². The summed E-state index contributed by atoms with van der Waals surface area (Å²) in [6.07, 6.45) is 3.52. The Morgan fingerprint density at radius 1 is 1.52 bits per heavy atom. The van der Waals surface area contributed by atoms with Gasteiger partial charge in [-0.25, -0.2) is 22.5 Å². The predicted molar refractivity (Wildman–Crippen MR) is 81.0 cm³/mol. The van der Waals surface area contributed by atoms with Crippen molar-refractivity contribution in [3.05, 3.63) is 39.6 Å². The molecule has 0 amide bonds. The number of aromatic nitrogens is 2. The quantitative estimate of drug-likeness (QED) is 0.531. The van der Waals surface area contributed by atoms with Crippen LogP contribution in [0.1, 0.15) is 5.82 Å². The predicted octanol–water partition coefficient (Wildman–Crippen LogP) is 2.07. The molecule has 0 saturated carbocycles. The SMILES string of the molecule is Nc1c(F)c(S(=O)(=O)NCCc2ncc[nH]2)cc(Cl)c1Br. The van der Waals surface area contributed by atoms with Gasteiger partial charge in [0.15, 0.2) is 5.82 Å². The lowest BCUT2D eigenvalue weighted by molar-refractivity contribution is 0.558. The van der Waals surface area contributed by atoms with Gasteiger partial charge in [0, 0.05) is 25.4 Å². The van der Waals surface area contributed by atoms with E-state index in [0.29, 0.717) is 12.2 Å². The maximum atomic E-state index is 14.0. The Bertz CT molecular complexity index is 752. The Hall–Kier alpha value is -1.16. The first kappa shape index (κ1) is 16.2. The lowest BCUT2D eigenvalue weighted by atomic mass is 10.3. The molecule has 6 nitrogen and oxygen atoms in total. The number of H-pyrrole nitrogens is 1. The third-order valence-electron chi connectivity index (χ3n) is 2.66. The van der Waals surface area contributed by atoms with Crippen LogP contribution in [0.4, 0.5) is 10.1 Å². The van der Waals surface area contributed by atoms with Gasteiger partial charge in [-0.05, 0) is 22.0 Å². The zero-order valence-electron chi connectivity index (χ0n) is 10.5. The zero-order chi connectivity index (χ0) is 15.6. The maximum Gasteiger partial charge on any atom is 0.243 e. The van der Waals surface area contributed by atoms with Crippen molar-refractivity contribution in [3.8, 4) is 0 Å². The maximum absolute atomic E-state index is 14.0. The van der Waals surface area contributed by atoms with Crippen LogP contribution in [0, 0.1) is 5.82 Å². The molecule has 0 unspecified atom stereocenters. The molecular formula is C11H11BrClFN4O2S. The van der Waals surface area contributed by atoms with Crippen LogP contribution in [-0.2, 0) is 16.4 Å². The first-order valence-corrected chi connectivity index (χ1v) is 8.39. The smallest absolute Gasteiger partial charge is 0.243 e. The molecule has 0 atom stereocenters. The summed E-state index contributed by atoms with van der Waals surface area (Å²) in [5, 5.41) is 0.0142. The highest BCUT2D eigenvalue weighted by Gasteiger charge is 2.23. The van der Waals surface area contributed by atoms with Crippen molar-refractivity contribution >= 4 is 43.2 Å². The highest BCUT2D eigenvalue weighted by molar-refractivity contribution is 9.10. The first-order chi connectivity index (χ1) is 9.83. The lowest BCUT2D eigenvalue weighted by Gasteiger charge is -2.10. The highest BCUT2D eigenvalue weighted by Crippen LogP contribution is 2.34. The zero-order valence-corrected chi connectivity index (χ0v) is 13.7. The van der Waals surface area contributed by atoms with E-state index in [2.05, 4.69) is 30.6 Å². The molecule has 0 radical (unpaired) electrons. The number of nitrogens with two attached hydrogens (primary N) is 1. The van der Waals surface area contributed by atoms with Gasteiger partial charge in [-0.15, -0.1) is 0 Å². The molecular weight excluding hydrogens is 387 g/mol. The second-order valence-electron chi connectivity index (χ2n) is 4.08. The van der Waals surface area contributed by atoms with E-state index >= 15 is 0 Å². The summed E-state index contributed by atoms with van der Waals surface area (Å²) in [5.74, 6) is -0.428. The molecule has 114 valence electrons. The molecule has 2 aromatic rings. The number of benzene rings is 1. The number of nitrogen functional groups attached to an aromatic ring is 1. The van der Waals surface area contributed by atoms with Gasteiger partial charge in [0.2, 0.25) is 10.0 Å². The average Bonchev–Trinajstić information content (AvgIpc) is 2.93. The number of halogens is 3. The van der Waals surface area contributed by atoms with Crippen molar-refractivity contribution in [2.24, 2.45) is 0 Å². The van der Waals surface area contributed by atoms with E-state index in [1.165, 1.54) is 0 Å². The van der Waals surface area contributed by atoms with Crippen LogP contribution in [0.15, 0.2) is 27.8 Å². The minimum Gasteiger partial charge on any atom is -0.395 e. The molecule has 4 N–H and O–H groups in total. The molecule has 0 aliphatic carbocycles. The summed E-state index contributed by atoms with van der Waals surface area (Å²) in [7, 11) is -4.06. The summed E-state index contributed by atoms with van der Waals surface area (Å²) in [5.41, 5.74) is 5.12. The summed E-state index contributed by atoms with van der Waals surface area (Å²) in [4.78, 5) is 6.20. The number of aromatic amines is 1. The van der Waals surface area contributed by atoms with E-state index in [1.54, 1.807) is 12.4 Å². The van der Waals surface area contributed by atoms with Gasteiger partial charge >= 0.3 is 0 Å². The number of hydrogen-bond acceptors (Lipinski definition) is 4. The largest absolute Gasteiger partial charge is 0.395 e.